The van der Waals surface area contributed by atoms with Crippen molar-refractivity contribution in [1.82, 2.24) is 4.90 Å². The molecular formula is C13H16BrNO3. The molecule has 5 heteroatoms. The molecule has 1 aliphatic rings. The van der Waals surface area contributed by atoms with Crippen molar-refractivity contribution in [2.75, 3.05) is 18.4 Å². The second-order valence-corrected chi connectivity index (χ2v) is 5.26. The van der Waals surface area contributed by atoms with Gasteiger partial charge in [0.15, 0.2) is 11.5 Å². The number of aromatic hydroxyl groups is 2. The summed E-state index contributed by atoms with van der Waals surface area (Å²) in [5.41, 5.74) is 0.417. The molecular weight excluding hydrogens is 298 g/mol. The van der Waals surface area contributed by atoms with Gasteiger partial charge in [-0.1, -0.05) is 15.9 Å². The maximum atomic E-state index is 12.2. The van der Waals surface area contributed by atoms with Crippen LogP contribution in [-0.4, -0.2) is 39.4 Å². The normalized spacial score (nSPS) is 19.8. The van der Waals surface area contributed by atoms with E-state index in [0.29, 0.717) is 11.5 Å². The summed E-state index contributed by atoms with van der Waals surface area (Å²) >= 11 is 3.45. The number of likely N-dealkylation sites (tertiary alicyclic amines) is 1. The van der Waals surface area contributed by atoms with Crippen LogP contribution in [0.1, 0.15) is 23.2 Å². The molecule has 0 radical (unpaired) electrons. The molecule has 0 saturated carbocycles. The van der Waals surface area contributed by atoms with Crippen LogP contribution in [0.2, 0.25) is 0 Å². The van der Waals surface area contributed by atoms with E-state index >= 15 is 0 Å². The molecule has 0 spiro atoms. The minimum absolute atomic E-state index is 0.0871. The summed E-state index contributed by atoms with van der Waals surface area (Å²) in [7, 11) is 0. The summed E-state index contributed by atoms with van der Waals surface area (Å²) in [6.07, 6.45) is 2.14. The number of benzene rings is 1. The van der Waals surface area contributed by atoms with Gasteiger partial charge in [0.1, 0.15) is 0 Å². The predicted molar refractivity (Wildman–Crippen MR) is 72.2 cm³/mol. The SMILES string of the molecule is O=C(c1ccc(O)c(O)c1)N1CCCC(CBr)C1. The number of rotatable bonds is 2. The second-order valence-electron chi connectivity index (χ2n) is 4.62. The molecule has 1 atom stereocenters. The average Bonchev–Trinajstić information content (AvgIpc) is 2.41. The third kappa shape index (κ3) is 2.77. The lowest BCUT2D eigenvalue weighted by Gasteiger charge is -2.32. The van der Waals surface area contributed by atoms with Gasteiger partial charge in [-0.15, -0.1) is 0 Å². The maximum Gasteiger partial charge on any atom is 0.254 e. The number of hydrogen-bond acceptors (Lipinski definition) is 3. The van der Waals surface area contributed by atoms with E-state index in [1.54, 1.807) is 4.90 Å². The first-order chi connectivity index (χ1) is 8.61. The van der Waals surface area contributed by atoms with Gasteiger partial charge in [-0.2, -0.15) is 0 Å². The standard InChI is InChI=1S/C13H16BrNO3/c14-7-9-2-1-5-15(8-9)13(18)10-3-4-11(16)12(17)6-10/h3-4,6,9,16-17H,1-2,5,7-8H2. The van der Waals surface area contributed by atoms with Crippen LogP contribution in [0.15, 0.2) is 18.2 Å². The molecule has 1 amide bonds. The van der Waals surface area contributed by atoms with Crippen molar-refractivity contribution in [2.24, 2.45) is 5.92 Å². The zero-order valence-electron chi connectivity index (χ0n) is 9.97. The number of carbonyl (C=O) groups excluding carboxylic acids is 1. The molecule has 1 aromatic carbocycles. The highest BCUT2D eigenvalue weighted by Crippen LogP contribution is 2.26. The molecule has 18 heavy (non-hydrogen) atoms. The van der Waals surface area contributed by atoms with E-state index in [1.165, 1.54) is 18.2 Å². The summed E-state index contributed by atoms with van der Waals surface area (Å²) < 4.78 is 0. The van der Waals surface area contributed by atoms with Crippen LogP contribution in [0.25, 0.3) is 0 Å². The number of carbonyl (C=O) groups is 1. The Balaban J connectivity index is 2.12. The van der Waals surface area contributed by atoms with Crippen molar-refractivity contribution >= 4 is 21.8 Å². The minimum Gasteiger partial charge on any atom is -0.504 e. The summed E-state index contributed by atoms with van der Waals surface area (Å²) in [5.74, 6) is -0.0530. The number of alkyl halides is 1. The Kier molecular flexibility index (Phi) is 4.11. The molecule has 1 aliphatic heterocycles. The lowest BCUT2D eigenvalue weighted by Crippen LogP contribution is -2.40. The highest BCUT2D eigenvalue weighted by atomic mass is 79.9. The molecule has 2 N–H and O–H groups in total. The fraction of sp³-hybridized carbons (Fsp3) is 0.462. The number of hydrogen-bond donors (Lipinski definition) is 2. The first-order valence-corrected chi connectivity index (χ1v) is 7.11. The van der Waals surface area contributed by atoms with Gasteiger partial charge < -0.3 is 15.1 Å². The Morgan fingerprint density at radius 3 is 2.83 bits per heavy atom. The number of phenolic OH excluding ortho intramolecular Hbond substituents is 2. The van der Waals surface area contributed by atoms with Crippen molar-refractivity contribution in [3.05, 3.63) is 23.8 Å². The van der Waals surface area contributed by atoms with Gasteiger partial charge in [0.25, 0.3) is 5.91 Å². The van der Waals surface area contributed by atoms with Crippen LogP contribution >= 0.6 is 15.9 Å². The Morgan fingerprint density at radius 2 is 2.17 bits per heavy atom. The third-order valence-electron chi connectivity index (χ3n) is 3.25. The fourth-order valence-electron chi connectivity index (χ4n) is 2.21. The molecule has 1 fully saturated rings. The highest BCUT2D eigenvalue weighted by molar-refractivity contribution is 9.09. The van der Waals surface area contributed by atoms with E-state index in [1.807, 2.05) is 0 Å². The van der Waals surface area contributed by atoms with Gasteiger partial charge in [-0.25, -0.2) is 0 Å². The van der Waals surface area contributed by atoms with Crippen LogP contribution in [0.3, 0.4) is 0 Å². The summed E-state index contributed by atoms with van der Waals surface area (Å²) in [6, 6.07) is 4.19. The molecule has 1 unspecified atom stereocenters. The topological polar surface area (TPSA) is 60.8 Å². The van der Waals surface area contributed by atoms with Gasteiger partial charge in [0, 0.05) is 24.0 Å². The molecule has 0 aliphatic carbocycles. The maximum absolute atomic E-state index is 12.2. The van der Waals surface area contributed by atoms with E-state index < -0.39 is 0 Å². The van der Waals surface area contributed by atoms with E-state index in [2.05, 4.69) is 15.9 Å². The van der Waals surface area contributed by atoms with Crippen LogP contribution < -0.4 is 0 Å². The van der Waals surface area contributed by atoms with E-state index in [-0.39, 0.29) is 17.4 Å². The van der Waals surface area contributed by atoms with E-state index in [4.69, 9.17) is 0 Å². The van der Waals surface area contributed by atoms with Crippen molar-refractivity contribution in [3.8, 4) is 11.5 Å². The van der Waals surface area contributed by atoms with Crippen LogP contribution in [0.4, 0.5) is 0 Å². The molecule has 98 valence electrons. The summed E-state index contributed by atoms with van der Waals surface area (Å²) in [5, 5.41) is 19.6. The molecule has 0 aromatic heterocycles. The van der Waals surface area contributed by atoms with Crippen LogP contribution in [0.5, 0.6) is 11.5 Å². The molecule has 0 bridgehead atoms. The zero-order chi connectivity index (χ0) is 13.1. The number of halogens is 1. The monoisotopic (exact) mass is 313 g/mol. The second kappa shape index (κ2) is 5.61. The van der Waals surface area contributed by atoms with E-state index in [0.717, 1.165) is 31.3 Å². The van der Waals surface area contributed by atoms with Gasteiger partial charge in [-0.3, -0.25) is 4.79 Å². The summed E-state index contributed by atoms with van der Waals surface area (Å²) in [6.45, 7) is 1.50. The average molecular weight is 314 g/mol. The Labute approximate surface area is 114 Å². The number of nitrogens with zero attached hydrogens (tertiary/aromatic N) is 1. The van der Waals surface area contributed by atoms with Gasteiger partial charge in [-0.05, 0) is 37.0 Å². The highest BCUT2D eigenvalue weighted by Gasteiger charge is 2.24. The van der Waals surface area contributed by atoms with Crippen LogP contribution in [0, 0.1) is 5.92 Å². The lowest BCUT2D eigenvalue weighted by atomic mass is 9.99. The molecule has 1 heterocycles. The largest absolute Gasteiger partial charge is 0.504 e. The quantitative estimate of drug-likeness (QED) is 0.651. The van der Waals surface area contributed by atoms with Crippen molar-refractivity contribution in [1.29, 1.82) is 0 Å². The van der Waals surface area contributed by atoms with Crippen molar-refractivity contribution < 1.29 is 15.0 Å². The fourth-order valence-corrected chi connectivity index (χ4v) is 2.74. The van der Waals surface area contributed by atoms with Gasteiger partial charge in [0.05, 0.1) is 0 Å². The first-order valence-electron chi connectivity index (χ1n) is 5.99. The molecule has 1 aromatic rings. The van der Waals surface area contributed by atoms with Gasteiger partial charge >= 0.3 is 0 Å². The van der Waals surface area contributed by atoms with Crippen molar-refractivity contribution in [3.63, 3.8) is 0 Å². The molecule has 4 nitrogen and oxygen atoms in total. The first kappa shape index (κ1) is 13.2. The summed E-state index contributed by atoms with van der Waals surface area (Å²) in [4.78, 5) is 14.0. The Bertz CT molecular complexity index is 450. The Hall–Kier alpha value is -1.23. The predicted octanol–water partition coefficient (Wildman–Crippen LogP) is 2.34. The van der Waals surface area contributed by atoms with Gasteiger partial charge in [0.2, 0.25) is 0 Å². The van der Waals surface area contributed by atoms with E-state index in [9.17, 15) is 15.0 Å². The molecule has 2 rings (SSSR count). The third-order valence-corrected chi connectivity index (χ3v) is 4.16. The number of piperidine rings is 1. The van der Waals surface area contributed by atoms with Crippen LogP contribution in [-0.2, 0) is 0 Å². The zero-order valence-corrected chi connectivity index (χ0v) is 11.6. The smallest absolute Gasteiger partial charge is 0.254 e. The van der Waals surface area contributed by atoms with Crippen molar-refractivity contribution in [2.45, 2.75) is 12.8 Å². The Morgan fingerprint density at radius 1 is 1.39 bits per heavy atom. The number of phenols is 2. The lowest BCUT2D eigenvalue weighted by molar-refractivity contribution is 0.0685. The minimum atomic E-state index is -0.255. The number of amides is 1. The molecule has 1 saturated heterocycles.